The predicted molar refractivity (Wildman–Crippen MR) is 224 cm³/mol. The third-order valence-corrected chi connectivity index (χ3v) is 11.7. The predicted octanol–water partition coefficient (Wildman–Crippen LogP) is 5.21. The molecule has 0 aromatic rings. The highest BCUT2D eigenvalue weighted by Gasteiger charge is 2.53. The van der Waals surface area contributed by atoms with Gasteiger partial charge in [0, 0.05) is 45.3 Å². The highest BCUT2D eigenvalue weighted by atomic mass is 17.2. The summed E-state index contributed by atoms with van der Waals surface area (Å²) in [7, 11) is 6.42. The standard InChI is InChI=1S/C45H75NO15/c1-12-14-15-19-24-54-43-31(6)56-37(27-45(43,7)61-53-11)59-40-30(5)57-44(39(51)38(40)46(8)9)60-41-32(22-23-47)25-28(3)33(48)21-18-16-17-20-29(4)55-36(50)26-34(42(41)52-10)58-35(49)13-2/h16-18,21,23,28-32,34,37-44,51H,12-15,19-20,22,24-27H2,1-11H3/b17-16+,21-18+/t28-,29-,30-,31+,32?,34?,37+,38-,39-,40-,41+,42+,43+,44+,45-/m1/s1. The highest BCUT2D eigenvalue weighted by molar-refractivity contribution is 5.91. The lowest BCUT2D eigenvalue weighted by atomic mass is 9.83. The third-order valence-electron chi connectivity index (χ3n) is 11.7. The van der Waals surface area contributed by atoms with E-state index in [1.807, 2.05) is 18.7 Å². The number of aliphatic hydroxyl groups excluding tert-OH is 1. The number of unbranched alkanes of at least 4 members (excludes halogenated alkanes) is 3. The number of aliphatic hydroxyl groups is 1. The van der Waals surface area contributed by atoms with Gasteiger partial charge in [-0.25, -0.2) is 9.78 Å². The Bertz CT molecular complexity index is 1410. The first-order chi connectivity index (χ1) is 29.0. The van der Waals surface area contributed by atoms with E-state index >= 15 is 0 Å². The molecule has 3 rings (SSSR count). The van der Waals surface area contributed by atoms with E-state index in [0.717, 1.165) is 25.7 Å². The molecule has 0 bridgehead atoms. The van der Waals surface area contributed by atoms with Gasteiger partial charge >= 0.3 is 11.9 Å². The average Bonchev–Trinajstić information content (AvgIpc) is 3.19. The van der Waals surface area contributed by atoms with E-state index in [-0.39, 0.29) is 31.5 Å². The van der Waals surface area contributed by atoms with Crippen molar-refractivity contribution >= 4 is 24.0 Å². The molecular weight excluding hydrogens is 794 g/mol. The number of rotatable bonds is 18. The summed E-state index contributed by atoms with van der Waals surface area (Å²) in [5.74, 6) is -2.73. The lowest BCUT2D eigenvalue weighted by molar-refractivity contribution is -0.407. The second-order valence-corrected chi connectivity index (χ2v) is 17.1. The molecule has 3 heterocycles. The lowest BCUT2D eigenvalue weighted by Crippen LogP contribution is -2.66. The van der Waals surface area contributed by atoms with Crippen LogP contribution in [0.15, 0.2) is 24.3 Å². The van der Waals surface area contributed by atoms with E-state index in [0.29, 0.717) is 19.3 Å². The number of esters is 2. The van der Waals surface area contributed by atoms with Crippen LogP contribution in [0.25, 0.3) is 0 Å². The van der Waals surface area contributed by atoms with Crippen LogP contribution in [-0.4, -0.2) is 148 Å². The number of aldehydes is 1. The molecule has 3 aliphatic heterocycles. The van der Waals surface area contributed by atoms with Crippen molar-refractivity contribution in [1.82, 2.24) is 4.90 Å². The molecule has 16 nitrogen and oxygen atoms in total. The van der Waals surface area contributed by atoms with Crippen LogP contribution in [-0.2, 0) is 66.8 Å². The van der Waals surface area contributed by atoms with Crippen LogP contribution >= 0.6 is 0 Å². The Morgan fingerprint density at radius 1 is 0.984 bits per heavy atom. The number of methoxy groups -OCH3 is 1. The van der Waals surface area contributed by atoms with E-state index in [1.165, 1.54) is 20.3 Å². The minimum atomic E-state index is -1.36. The fraction of sp³-hybridized carbons (Fsp3) is 0.822. The van der Waals surface area contributed by atoms with Crippen LogP contribution in [0.2, 0.25) is 0 Å². The van der Waals surface area contributed by atoms with Gasteiger partial charge in [-0.2, -0.15) is 0 Å². The molecule has 0 aromatic heterocycles. The number of cyclic esters (lactones) is 1. The summed E-state index contributed by atoms with van der Waals surface area (Å²) in [4.78, 5) is 64.8. The lowest BCUT2D eigenvalue weighted by Gasteiger charge is -2.50. The molecular formula is C45H75NO15. The minimum absolute atomic E-state index is 0.00513. The van der Waals surface area contributed by atoms with E-state index in [2.05, 4.69) is 6.92 Å². The van der Waals surface area contributed by atoms with Gasteiger partial charge in [-0.3, -0.25) is 14.4 Å². The number of hydrogen-bond acceptors (Lipinski definition) is 16. The van der Waals surface area contributed by atoms with Gasteiger partial charge in [0.25, 0.3) is 0 Å². The van der Waals surface area contributed by atoms with Gasteiger partial charge in [-0.1, -0.05) is 58.3 Å². The minimum Gasteiger partial charge on any atom is -0.462 e. The molecule has 3 aliphatic rings. The molecule has 0 aliphatic carbocycles. The number of ketones is 1. The maximum absolute atomic E-state index is 13.4. The van der Waals surface area contributed by atoms with Gasteiger partial charge in [0.1, 0.15) is 48.5 Å². The molecule has 15 atom stereocenters. The van der Waals surface area contributed by atoms with Gasteiger partial charge < -0.3 is 52.7 Å². The van der Waals surface area contributed by atoms with Crippen molar-refractivity contribution in [2.45, 2.75) is 192 Å². The summed E-state index contributed by atoms with van der Waals surface area (Å²) in [5.41, 5.74) is -0.932. The van der Waals surface area contributed by atoms with E-state index in [9.17, 15) is 24.3 Å². The van der Waals surface area contributed by atoms with Crippen LogP contribution in [0, 0.1) is 11.8 Å². The summed E-state index contributed by atoms with van der Waals surface area (Å²) in [6, 6.07) is -0.727. The Morgan fingerprint density at radius 3 is 2.36 bits per heavy atom. The van der Waals surface area contributed by atoms with Crippen LogP contribution < -0.4 is 0 Å². The largest absolute Gasteiger partial charge is 0.462 e. The second-order valence-electron chi connectivity index (χ2n) is 17.1. The van der Waals surface area contributed by atoms with Crippen molar-refractivity contribution in [1.29, 1.82) is 0 Å². The van der Waals surface area contributed by atoms with Gasteiger partial charge in [-0.15, -0.1) is 0 Å². The zero-order chi connectivity index (χ0) is 45.3. The van der Waals surface area contributed by atoms with Gasteiger partial charge in [0.05, 0.1) is 37.9 Å². The second kappa shape index (κ2) is 26.2. The summed E-state index contributed by atoms with van der Waals surface area (Å²) < 4.78 is 50.1. The first kappa shape index (κ1) is 52.7. The van der Waals surface area contributed by atoms with E-state index in [1.54, 1.807) is 60.0 Å². The monoisotopic (exact) mass is 870 g/mol. The molecule has 0 saturated carbocycles. The number of carbonyl (C=O) groups is 4. The summed E-state index contributed by atoms with van der Waals surface area (Å²) >= 11 is 0. The Balaban J connectivity index is 1.99. The first-order valence-electron chi connectivity index (χ1n) is 22.1. The number of ether oxygens (including phenoxy) is 8. The average molecular weight is 870 g/mol. The molecule has 2 saturated heterocycles. The van der Waals surface area contributed by atoms with Crippen molar-refractivity contribution in [3.05, 3.63) is 24.3 Å². The fourth-order valence-corrected chi connectivity index (χ4v) is 8.58. The van der Waals surface area contributed by atoms with Crippen LogP contribution in [0.1, 0.15) is 113 Å². The fourth-order valence-electron chi connectivity index (χ4n) is 8.58. The van der Waals surface area contributed by atoms with Crippen molar-refractivity contribution in [2.75, 3.05) is 34.9 Å². The van der Waals surface area contributed by atoms with Crippen molar-refractivity contribution in [3.8, 4) is 0 Å². The normalized spacial score (nSPS) is 38.1. The molecule has 16 heteroatoms. The first-order valence-corrected chi connectivity index (χ1v) is 22.1. The molecule has 2 unspecified atom stereocenters. The summed E-state index contributed by atoms with van der Waals surface area (Å²) in [6.07, 6.45) is 1.87. The maximum atomic E-state index is 13.4. The van der Waals surface area contributed by atoms with Crippen molar-refractivity contribution in [3.63, 3.8) is 0 Å². The highest BCUT2D eigenvalue weighted by Crippen LogP contribution is 2.39. The number of carbonyl (C=O) groups excluding carboxylic acids is 4. The van der Waals surface area contributed by atoms with Gasteiger partial charge in [0.2, 0.25) is 0 Å². The maximum Gasteiger partial charge on any atom is 0.309 e. The zero-order valence-electron chi connectivity index (χ0n) is 38.4. The third kappa shape index (κ3) is 15.5. The number of nitrogens with zero attached hydrogens (tertiary/aromatic N) is 1. The van der Waals surface area contributed by atoms with E-state index in [4.69, 9.17) is 47.7 Å². The smallest absolute Gasteiger partial charge is 0.309 e. The molecule has 61 heavy (non-hydrogen) atoms. The van der Waals surface area contributed by atoms with E-state index < -0.39 is 109 Å². The Morgan fingerprint density at radius 2 is 1.72 bits per heavy atom. The van der Waals surface area contributed by atoms with Crippen LogP contribution in [0.3, 0.4) is 0 Å². The molecule has 2 fully saturated rings. The van der Waals surface area contributed by atoms with Crippen LogP contribution in [0.4, 0.5) is 0 Å². The molecule has 0 spiro atoms. The molecule has 350 valence electrons. The van der Waals surface area contributed by atoms with Crippen LogP contribution in [0.5, 0.6) is 0 Å². The SMILES string of the molecule is CCCCCCO[C@H]1[C@H](C)O[C@@H](O[C@H]2[C@H](N(C)C)[C@@H](O)[C@H](O[C@H]3C(CC=O)C[C@@H](C)C(=O)/C=C/C=C/C[C@@H](C)OC(=O)CC(OC(=O)CC)[C@@H]3OC)O[C@@H]2C)C[C@@]1(C)OOC. The molecule has 0 amide bonds. The number of hydrogen-bond donors (Lipinski definition) is 1. The quantitative estimate of drug-likeness (QED) is 0.0623. The number of allylic oxidation sites excluding steroid dienone is 3. The van der Waals surface area contributed by atoms with Crippen molar-refractivity contribution < 1.29 is 72.0 Å². The molecule has 0 radical (unpaired) electrons. The Hall–Kier alpha value is -2.64. The van der Waals surface area contributed by atoms with Gasteiger partial charge in [-0.05, 0) is 66.6 Å². The Kier molecular flexibility index (Phi) is 22.7. The summed E-state index contributed by atoms with van der Waals surface area (Å²) in [6.45, 7) is 13.4. The number of likely N-dealkylation sites (N-methyl/N-ethyl adjacent to an activating group) is 1. The topological polar surface area (TPSA) is 184 Å². The molecule has 0 aromatic carbocycles. The molecule has 1 N–H and O–H groups in total. The zero-order valence-corrected chi connectivity index (χ0v) is 38.4. The summed E-state index contributed by atoms with van der Waals surface area (Å²) in [5, 5.41) is 12.2. The van der Waals surface area contributed by atoms with Crippen molar-refractivity contribution in [2.24, 2.45) is 11.8 Å². The Labute approximate surface area is 363 Å². The van der Waals surface area contributed by atoms with Gasteiger partial charge in [0.15, 0.2) is 18.4 Å².